The first kappa shape index (κ1) is 14.6. The van der Waals surface area contributed by atoms with Crippen LogP contribution in [-0.4, -0.2) is 12.5 Å². The number of carbonyl (C=O) groups excluding carboxylic acids is 1. The fourth-order valence-electron chi connectivity index (χ4n) is 1.65. The monoisotopic (exact) mass is 304 g/mol. The van der Waals surface area contributed by atoms with Gasteiger partial charge >= 0.3 is 0 Å². The fraction of sp³-hybridized carbons (Fsp3) is 0.200. The van der Waals surface area contributed by atoms with E-state index in [2.05, 4.69) is 11.4 Å². The van der Waals surface area contributed by atoms with E-state index in [4.69, 9.17) is 16.9 Å². The first-order valence-electron chi connectivity index (χ1n) is 6.14. The van der Waals surface area contributed by atoms with Gasteiger partial charge in [0.05, 0.1) is 17.0 Å². The van der Waals surface area contributed by atoms with Gasteiger partial charge in [0.25, 0.3) is 0 Å². The molecule has 2 aromatic rings. The molecule has 1 unspecified atom stereocenters. The van der Waals surface area contributed by atoms with Crippen LogP contribution in [0.5, 0.6) is 0 Å². The van der Waals surface area contributed by atoms with E-state index in [-0.39, 0.29) is 11.8 Å². The van der Waals surface area contributed by atoms with Crippen LogP contribution in [-0.2, 0) is 4.79 Å². The molecule has 20 heavy (non-hydrogen) atoms. The second-order valence-corrected chi connectivity index (χ2v) is 5.85. The lowest BCUT2D eigenvalue weighted by atomic mass is 10.2. The molecule has 0 aliphatic heterocycles. The van der Waals surface area contributed by atoms with E-state index < -0.39 is 0 Å². The van der Waals surface area contributed by atoms with Crippen LogP contribution in [0.3, 0.4) is 0 Å². The maximum Gasteiger partial charge on any atom is 0.244 e. The Bertz CT molecular complexity index is 699. The third-order valence-electron chi connectivity index (χ3n) is 2.75. The molecular formula is C15H13ClN2OS. The average molecular weight is 305 g/mol. The predicted octanol–water partition coefficient (Wildman–Crippen LogP) is 3.84. The summed E-state index contributed by atoms with van der Waals surface area (Å²) in [5, 5.41) is 13.0. The van der Waals surface area contributed by atoms with Crippen molar-refractivity contribution in [3.05, 3.63) is 40.2 Å². The highest BCUT2D eigenvalue weighted by atomic mass is 35.5. The van der Waals surface area contributed by atoms with Gasteiger partial charge in [-0.3, -0.25) is 4.79 Å². The number of fused-ring (bicyclic) bond motifs is 1. The molecule has 0 fully saturated rings. The normalized spacial score (nSPS) is 12.4. The smallest absolute Gasteiger partial charge is 0.244 e. The molecule has 3 nitrogen and oxygen atoms in total. The molecule has 5 heteroatoms. The van der Waals surface area contributed by atoms with Crippen molar-refractivity contribution in [2.24, 2.45) is 5.92 Å². The van der Waals surface area contributed by atoms with Crippen LogP contribution in [0.25, 0.3) is 16.2 Å². The van der Waals surface area contributed by atoms with Crippen molar-refractivity contribution in [2.45, 2.75) is 6.92 Å². The molecule has 0 bridgehead atoms. The van der Waals surface area contributed by atoms with Gasteiger partial charge in [0.1, 0.15) is 0 Å². The van der Waals surface area contributed by atoms with Gasteiger partial charge in [0.15, 0.2) is 0 Å². The molecule has 2 rings (SSSR count). The van der Waals surface area contributed by atoms with Crippen LogP contribution >= 0.6 is 22.9 Å². The van der Waals surface area contributed by atoms with E-state index in [1.807, 2.05) is 24.3 Å². The van der Waals surface area contributed by atoms with E-state index >= 15 is 0 Å². The van der Waals surface area contributed by atoms with Crippen LogP contribution in [0.2, 0.25) is 5.02 Å². The van der Waals surface area contributed by atoms with E-state index in [0.717, 1.165) is 15.0 Å². The minimum Gasteiger partial charge on any atom is -0.351 e. The third kappa shape index (κ3) is 3.38. The highest BCUT2D eigenvalue weighted by Crippen LogP contribution is 2.35. The average Bonchev–Trinajstić information content (AvgIpc) is 2.79. The van der Waals surface area contributed by atoms with Gasteiger partial charge in [-0.25, -0.2) is 0 Å². The molecule has 1 atom stereocenters. The Morgan fingerprint density at radius 2 is 2.30 bits per heavy atom. The molecule has 0 saturated heterocycles. The van der Waals surface area contributed by atoms with E-state index in [1.54, 1.807) is 24.3 Å². The zero-order chi connectivity index (χ0) is 14.5. The Hall–Kier alpha value is -1.83. The van der Waals surface area contributed by atoms with E-state index in [0.29, 0.717) is 11.6 Å². The van der Waals surface area contributed by atoms with Gasteiger partial charge < -0.3 is 5.32 Å². The second-order valence-electron chi connectivity index (χ2n) is 4.39. The fourth-order valence-corrected chi connectivity index (χ4v) is 3.05. The summed E-state index contributed by atoms with van der Waals surface area (Å²) in [7, 11) is 0. The number of nitrogens with zero attached hydrogens (tertiary/aromatic N) is 1. The van der Waals surface area contributed by atoms with Crippen molar-refractivity contribution in [3.63, 3.8) is 0 Å². The standard InChI is InChI=1S/C15H13ClN2OS/c1-10(8-17)9-18-14(19)7-6-13-15(16)11-4-2-3-5-12(11)20-13/h2-7,10H,9H2,1H3,(H,18,19). The molecule has 1 heterocycles. The van der Waals surface area contributed by atoms with Crippen molar-refractivity contribution in [2.75, 3.05) is 6.54 Å². The van der Waals surface area contributed by atoms with Crippen LogP contribution in [0.4, 0.5) is 0 Å². The molecule has 102 valence electrons. The Labute approximate surface area is 126 Å². The Morgan fingerprint density at radius 1 is 1.55 bits per heavy atom. The van der Waals surface area contributed by atoms with Gasteiger partial charge in [-0.1, -0.05) is 29.8 Å². The summed E-state index contributed by atoms with van der Waals surface area (Å²) >= 11 is 7.82. The number of thiophene rings is 1. The van der Waals surface area contributed by atoms with Gasteiger partial charge in [-0.2, -0.15) is 5.26 Å². The van der Waals surface area contributed by atoms with Gasteiger partial charge in [0, 0.05) is 27.6 Å². The summed E-state index contributed by atoms with van der Waals surface area (Å²) in [4.78, 5) is 12.5. The molecule has 1 aromatic heterocycles. The first-order valence-corrected chi connectivity index (χ1v) is 7.34. The van der Waals surface area contributed by atoms with Crippen LogP contribution in [0.15, 0.2) is 30.3 Å². The second kappa shape index (κ2) is 6.56. The highest BCUT2D eigenvalue weighted by Gasteiger charge is 2.07. The molecule has 0 radical (unpaired) electrons. The van der Waals surface area contributed by atoms with Gasteiger partial charge in [0.2, 0.25) is 5.91 Å². The molecule has 1 amide bonds. The third-order valence-corrected chi connectivity index (χ3v) is 4.40. The van der Waals surface area contributed by atoms with Gasteiger partial charge in [-0.15, -0.1) is 11.3 Å². The van der Waals surface area contributed by atoms with Crippen LogP contribution in [0.1, 0.15) is 11.8 Å². The minimum atomic E-state index is -0.222. The maximum atomic E-state index is 11.6. The Balaban J connectivity index is 2.08. The summed E-state index contributed by atoms with van der Waals surface area (Å²) in [5.74, 6) is -0.416. The molecule has 0 aliphatic carbocycles. The van der Waals surface area contributed by atoms with E-state index in [1.165, 1.54) is 6.08 Å². The number of nitrogens with one attached hydrogen (secondary N) is 1. The molecule has 0 saturated carbocycles. The number of carbonyl (C=O) groups is 1. The Kier molecular flexibility index (Phi) is 4.78. The molecule has 1 N–H and O–H groups in total. The number of hydrogen-bond acceptors (Lipinski definition) is 3. The zero-order valence-corrected chi connectivity index (χ0v) is 12.5. The number of benzene rings is 1. The summed E-state index contributed by atoms with van der Waals surface area (Å²) in [6, 6.07) is 9.91. The lowest BCUT2D eigenvalue weighted by Crippen LogP contribution is -2.25. The molecular weight excluding hydrogens is 292 g/mol. The number of halogens is 1. The Morgan fingerprint density at radius 3 is 3.00 bits per heavy atom. The number of hydrogen-bond donors (Lipinski definition) is 1. The molecule has 0 spiro atoms. The SMILES string of the molecule is CC(C#N)CNC(=O)C=Cc1sc2ccccc2c1Cl. The number of rotatable bonds is 4. The largest absolute Gasteiger partial charge is 0.351 e. The van der Waals surface area contributed by atoms with Crippen LogP contribution in [0, 0.1) is 17.2 Å². The maximum absolute atomic E-state index is 11.6. The number of amides is 1. The van der Waals surface area contributed by atoms with Crippen molar-refractivity contribution < 1.29 is 4.79 Å². The van der Waals surface area contributed by atoms with Crippen molar-refractivity contribution in [1.29, 1.82) is 5.26 Å². The summed E-state index contributed by atoms with van der Waals surface area (Å²) in [5.41, 5.74) is 0. The van der Waals surface area contributed by atoms with Gasteiger partial charge in [-0.05, 0) is 19.1 Å². The number of nitriles is 1. The quantitative estimate of drug-likeness (QED) is 0.872. The lowest BCUT2D eigenvalue weighted by molar-refractivity contribution is -0.116. The van der Waals surface area contributed by atoms with Crippen molar-refractivity contribution >= 4 is 45.0 Å². The molecule has 0 aliphatic rings. The minimum absolute atomic E-state index is 0.194. The van der Waals surface area contributed by atoms with E-state index in [9.17, 15) is 4.79 Å². The summed E-state index contributed by atoms with van der Waals surface area (Å²) in [6.07, 6.45) is 3.15. The zero-order valence-electron chi connectivity index (χ0n) is 10.9. The topological polar surface area (TPSA) is 52.9 Å². The predicted molar refractivity (Wildman–Crippen MR) is 83.7 cm³/mol. The van der Waals surface area contributed by atoms with Crippen molar-refractivity contribution in [1.82, 2.24) is 5.32 Å². The first-order chi connectivity index (χ1) is 9.61. The summed E-state index contributed by atoms with van der Waals surface area (Å²) in [6.45, 7) is 2.10. The van der Waals surface area contributed by atoms with Crippen molar-refractivity contribution in [3.8, 4) is 6.07 Å². The van der Waals surface area contributed by atoms with Crippen LogP contribution < -0.4 is 5.32 Å². The highest BCUT2D eigenvalue weighted by molar-refractivity contribution is 7.20. The lowest BCUT2D eigenvalue weighted by Gasteiger charge is -2.02. The summed E-state index contributed by atoms with van der Waals surface area (Å²) < 4.78 is 1.09. The molecule has 1 aromatic carbocycles.